The number of aliphatic carboxylic acids is 1. The van der Waals surface area contributed by atoms with Crippen LogP contribution < -0.4 is 5.11 Å². The lowest BCUT2D eigenvalue weighted by molar-refractivity contribution is -0.889. The summed E-state index contributed by atoms with van der Waals surface area (Å²) in [5.74, 6) is -1.78. The summed E-state index contributed by atoms with van der Waals surface area (Å²) in [6.45, 7) is 4.46. The summed E-state index contributed by atoms with van der Waals surface area (Å²) in [4.78, 5) is 36.6. The number of unbranched alkanes of at least 4 members (excludes halogenated alkanes) is 12. The van der Waals surface area contributed by atoms with Crippen molar-refractivity contribution in [2.75, 3.05) is 41.0 Å². The Morgan fingerprint density at radius 3 is 1.68 bits per heavy atom. The molecule has 0 aromatic rings. The number of hydrogen-bond donors (Lipinski definition) is 0. The van der Waals surface area contributed by atoms with Crippen molar-refractivity contribution in [3.8, 4) is 0 Å². The first-order valence-corrected chi connectivity index (χ1v) is 19.7. The van der Waals surface area contributed by atoms with Crippen molar-refractivity contribution < 1.29 is 38.2 Å². The molecule has 0 aliphatic rings. The van der Waals surface area contributed by atoms with Gasteiger partial charge in [-0.3, -0.25) is 9.59 Å². The summed E-state index contributed by atoms with van der Waals surface area (Å²) in [5, 5.41) is 11.6. The second kappa shape index (κ2) is 33.4. The third kappa shape index (κ3) is 31.3. The minimum Gasteiger partial charge on any atom is -0.544 e. The van der Waals surface area contributed by atoms with E-state index in [0.29, 0.717) is 12.8 Å². The van der Waals surface area contributed by atoms with Crippen molar-refractivity contribution in [3.05, 3.63) is 48.6 Å². The van der Waals surface area contributed by atoms with E-state index in [1.807, 2.05) is 0 Å². The van der Waals surface area contributed by atoms with Crippen LogP contribution in [0.25, 0.3) is 0 Å². The van der Waals surface area contributed by atoms with Gasteiger partial charge in [0, 0.05) is 19.3 Å². The zero-order valence-electron chi connectivity index (χ0n) is 32.5. The van der Waals surface area contributed by atoms with E-state index in [9.17, 15) is 19.5 Å². The number of hydrogen-bond acceptors (Lipinski definition) is 7. The minimum atomic E-state index is -1.13. The van der Waals surface area contributed by atoms with E-state index in [1.165, 1.54) is 25.7 Å². The zero-order valence-corrected chi connectivity index (χ0v) is 32.5. The first-order chi connectivity index (χ1) is 24.1. The predicted octanol–water partition coefficient (Wildman–Crippen LogP) is 8.74. The Hall–Kier alpha value is -2.71. The Labute approximate surface area is 306 Å². The van der Waals surface area contributed by atoms with Gasteiger partial charge in [0.05, 0.1) is 40.3 Å². The largest absolute Gasteiger partial charge is 0.544 e. The smallest absolute Gasteiger partial charge is 0.306 e. The normalized spacial score (nSPS) is 13.5. The molecule has 288 valence electrons. The molecule has 8 nitrogen and oxygen atoms in total. The van der Waals surface area contributed by atoms with Gasteiger partial charge in [-0.15, -0.1) is 0 Å². The number of quaternary nitrogens is 1. The Bertz CT molecular complexity index is 964. The van der Waals surface area contributed by atoms with E-state index in [0.717, 1.165) is 89.9 Å². The fraction of sp³-hybridized carbons (Fsp3) is 0.738. The van der Waals surface area contributed by atoms with Crippen LogP contribution >= 0.6 is 0 Å². The molecule has 8 heteroatoms. The number of carbonyl (C=O) groups excluding carboxylic acids is 3. The lowest BCUT2D eigenvalue weighted by Gasteiger charge is -2.34. The van der Waals surface area contributed by atoms with Crippen molar-refractivity contribution in [2.24, 2.45) is 0 Å². The molecule has 0 aliphatic carbocycles. The molecule has 0 spiro atoms. The van der Waals surface area contributed by atoms with E-state index >= 15 is 0 Å². The third-order valence-corrected chi connectivity index (χ3v) is 8.45. The summed E-state index contributed by atoms with van der Waals surface area (Å²) < 4.78 is 17.1. The van der Waals surface area contributed by atoms with Crippen LogP contribution in [0.3, 0.4) is 0 Å². The number of carboxylic acids is 1. The van der Waals surface area contributed by atoms with E-state index < -0.39 is 18.1 Å². The number of nitrogens with zero attached hydrogens (tertiary/aromatic N) is 1. The van der Waals surface area contributed by atoms with Gasteiger partial charge >= 0.3 is 11.9 Å². The molecule has 0 radical (unpaired) electrons. The van der Waals surface area contributed by atoms with Gasteiger partial charge in [0.25, 0.3) is 0 Å². The first-order valence-electron chi connectivity index (χ1n) is 19.7. The van der Waals surface area contributed by atoms with Crippen molar-refractivity contribution in [3.63, 3.8) is 0 Å². The van der Waals surface area contributed by atoms with E-state index in [4.69, 9.17) is 14.2 Å². The highest BCUT2D eigenvalue weighted by atomic mass is 16.6. The van der Waals surface area contributed by atoms with Crippen LogP contribution in [-0.2, 0) is 28.6 Å². The molecule has 0 aliphatic heterocycles. The highest BCUT2D eigenvalue weighted by molar-refractivity contribution is 5.70. The van der Waals surface area contributed by atoms with Gasteiger partial charge in [-0.05, 0) is 64.2 Å². The molecule has 2 unspecified atom stereocenters. The molecule has 0 bridgehead atoms. The van der Waals surface area contributed by atoms with Crippen LogP contribution in [0.2, 0.25) is 0 Å². The quantitative estimate of drug-likeness (QED) is 0.0286. The van der Waals surface area contributed by atoms with Crippen LogP contribution in [0.4, 0.5) is 0 Å². The maximum Gasteiger partial charge on any atom is 0.306 e. The van der Waals surface area contributed by atoms with Crippen LogP contribution in [0.1, 0.15) is 149 Å². The van der Waals surface area contributed by atoms with E-state index in [-0.39, 0.29) is 42.7 Å². The summed E-state index contributed by atoms with van der Waals surface area (Å²) in [5.41, 5.74) is 0. The SMILES string of the molecule is CC/C=C/C/C=C/C/C=C/CCCCCCCCC(=O)OCC(COCCC(C(=O)[O-])[N+](C)(C)C)OC(=O)CCCCCC/C=C/CCCC. The van der Waals surface area contributed by atoms with Gasteiger partial charge in [0.1, 0.15) is 12.6 Å². The lowest BCUT2D eigenvalue weighted by atomic mass is 10.1. The highest BCUT2D eigenvalue weighted by Gasteiger charge is 2.25. The maximum atomic E-state index is 12.6. The second-order valence-electron chi connectivity index (χ2n) is 14.1. The number of ether oxygens (including phenoxy) is 3. The molecular formula is C42H73NO7. The summed E-state index contributed by atoms with van der Waals surface area (Å²) in [6, 6.07) is -0.729. The molecule has 2 atom stereocenters. The Balaban J connectivity index is 4.41. The highest BCUT2D eigenvalue weighted by Crippen LogP contribution is 2.12. The van der Waals surface area contributed by atoms with Gasteiger partial charge in [-0.1, -0.05) is 114 Å². The van der Waals surface area contributed by atoms with Crippen molar-refractivity contribution in [1.82, 2.24) is 0 Å². The number of esters is 2. The molecule has 0 heterocycles. The average molecular weight is 704 g/mol. The van der Waals surface area contributed by atoms with Crippen molar-refractivity contribution in [2.45, 2.75) is 161 Å². The fourth-order valence-corrected chi connectivity index (χ4v) is 5.36. The summed E-state index contributed by atoms with van der Waals surface area (Å²) in [6.07, 6.45) is 37.1. The minimum absolute atomic E-state index is 0.0306. The monoisotopic (exact) mass is 704 g/mol. The number of rotatable bonds is 34. The van der Waals surface area contributed by atoms with Crippen LogP contribution in [0, 0.1) is 0 Å². The number of carboxylic acid groups (broad SMARTS) is 1. The van der Waals surface area contributed by atoms with E-state index in [2.05, 4.69) is 62.5 Å². The number of likely N-dealkylation sites (N-methyl/N-ethyl adjacent to an activating group) is 1. The molecule has 0 aromatic heterocycles. The third-order valence-electron chi connectivity index (χ3n) is 8.45. The van der Waals surface area contributed by atoms with Gasteiger partial charge in [-0.2, -0.15) is 0 Å². The van der Waals surface area contributed by atoms with Crippen LogP contribution in [0.5, 0.6) is 0 Å². The molecule has 0 amide bonds. The Kier molecular flexibility index (Phi) is 31.6. The topological polar surface area (TPSA) is 102 Å². The maximum absolute atomic E-state index is 12.6. The molecule has 0 rings (SSSR count). The summed E-state index contributed by atoms with van der Waals surface area (Å²) >= 11 is 0. The second-order valence-corrected chi connectivity index (χ2v) is 14.1. The van der Waals surface area contributed by atoms with Crippen molar-refractivity contribution >= 4 is 17.9 Å². The van der Waals surface area contributed by atoms with Crippen LogP contribution in [0.15, 0.2) is 48.6 Å². The van der Waals surface area contributed by atoms with Gasteiger partial charge in [0.15, 0.2) is 6.10 Å². The number of allylic oxidation sites excluding steroid dienone is 8. The standard InChI is InChI=1S/C42H73NO7/c1-6-8-10-12-14-16-18-19-20-21-22-23-25-26-28-30-32-40(44)49-37-38(36-48-35-34-39(42(46)47)43(3,4)5)50-41(45)33-31-29-27-24-17-15-13-11-9-7-2/h8,10,13-16,19-20,38-39H,6-7,9,11-12,17-18,21-37H2,1-5H3/b10-8+,15-13+,16-14+,20-19+. The zero-order chi connectivity index (χ0) is 37.1. The number of carbonyl (C=O) groups is 3. The lowest BCUT2D eigenvalue weighted by Crippen LogP contribution is -2.55. The van der Waals surface area contributed by atoms with Gasteiger partial charge < -0.3 is 28.6 Å². The molecule has 0 fully saturated rings. The molecule has 50 heavy (non-hydrogen) atoms. The molecule has 0 saturated carbocycles. The van der Waals surface area contributed by atoms with Gasteiger partial charge in [0.2, 0.25) is 0 Å². The first kappa shape index (κ1) is 47.3. The summed E-state index contributed by atoms with van der Waals surface area (Å²) in [7, 11) is 5.38. The molecule has 0 saturated heterocycles. The van der Waals surface area contributed by atoms with Crippen molar-refractivity contribution in [1.29, 1.82) is 0 Å². The van der Waals surface area contributed by atoms with Crippen LogP contribution in [-0.4, -0.2) is 75.5 Å². The Morgan fingerprint density at radius 1 is 0.620 bits per heavy atom. The molecule has 0 aromatic carbocycles. The van der Waals surface area contributed by atoms with E-state index in [1.54, 1.807) is 21.1 Å². The average Bonchev–Trinajstić information content (AvgIpc) is 3.06. The fourth-order valence-electron chi connectivity index (χ4n) is 5.36. The molecular weight excluding hydrogens is 630 g/mol. The predicted molar refractivity (Wildman–Crippen MR) is 203 cm³/mol. The van der Waals surface area contributed by atoms with Gasteiger partial charge in [-0.25, -0.2) is 0 Å². The molecule has 0 N–H and O–H groups in total. The Morgan fingerprint density at radius 2 is 1.12 bits per heavy atom.